The summed E-state index contributed by atoms with van der Waals surface area (Å²) in [6.45, 7) is 0. The van der Waals surface area contributed by atoms with Crippen LogP contribution in [0.4, 0.5) is 17.1 Å². The van der Waals surface area contributed by atoms with Crippen molar-refractivity contribution in [3.8, 4) is 66.8 Å². The van der Waals surface area contributed by atoms with Gasteiger partial charge in [0.2, 0.25) is 0 Å². The third-order valence-electron chi connectivity index (χ3n) is 10.3. The molecule has 0 aliphatic rings. The van der Waals surface area contributed by atoms with Gasteiger partial charge in [0.05, 0.1) is 5.69 Å². The largest absolute Gasteiger partial charge is 0.310 e. The van der Waals surface area contributed by atoms with Crippen molar-refractivity contribution in [3.63, 3.8) is 0 Å². The number of nitrogens with zero attached hydrogens (tertiary/aromatic N) is 1. The maximum atomic E-state index is 2.38. The van der Waals surface area contributed by atoms with Crippen LogP contribution in [0.15, 0.2) is 237 Å². The summed E-state index contributed by atoms with van der Waals surface area (Å²) in [5.74, 6) is 0. The third-order valence-corrected chi connectivity index (χ3v) is 10.3. The topological polar surface area (TPSA) is 3.24 Å². The average molecular weight is 702 g/mol. The minimum absolute atomic E-state index is 1.09. The number of rotatable bonds is 9. The Kier molecular flexibility index (Phi) is 9.41. The molecule has 0 heterocycles. The number of para-hydroxylation sites is 2. The summed E-state index contributed by atoms with van der Waals surface area (Å²) >= 11 is 0. The normalized spacial score (nSPS) is 10.9. The summed E-state index contributed by atoms with van der Waals surface area (Å²) in [5, 5.41) is 0. The van der Waals surface area contributed by atoms with E-state index < -0.39 is 0 Å². The van der Waals surface area contributed by atoms with Gasteiger partial charge in [-0.15, -0.1) is 0 Å². The van der Waals surface area contributed by atoms with Crippen molar-refractivity contribution in [2.75, 3.05) is 4.90 Å². The molecule has 0 spiro atoms. The number of benzene rings is 9. The predicted molar refractivity (Wildman–Crippen MR) is 234 cm³/mol. The Morgan fingerprint density at radius 1 is 0.200 bits per heavy atom. The first-order valence-electron chi connectivity index (χ1n) is 18.8. The minimum Gasteiger partial charge on any atom is -0.310 e. The van der Waals surface area contributed by atoms with Gasteiger partial charge in [0.15, 0.2) is 0 Å². The van der Waals surface area contributed by atoms with Crippen molar-refractivity contribution in [1.29, 1.82) is 0 Å². The summed E-state index contributed by atoms with van der Waals surface area (Å²) < 4.78 is 0. The molecule has 0 fully saturated rings. The summed E-state index contributed by atoms with van der Waals surface area (Å²) in [7, 11) is 0. The van der Waals surface area contributed by atoms with E-state index >= 15 is 0 Å². The van der Waals surface area contributed by atoms with Crippen LogP contribution < -0.4 is 4.90 Å². The van der Waals surface area contributed by atoms with Gasteiger partial charge in [0.1, 0.15) is 0 Å². The highest BCUT2D eigenvalue weighted by Gasteiger charge is 2.20. The Morgan fingerprint density at radius 2 is 0.527 bits per heavy atom. The van der Waals surface area contributed by atoms with Gasteiger partial charge in [0, 0.05) is 16.9 Å². The van der Waals surface area contributed by atoms with Crippen molar-refractivity contribution in [2.24, 2.45) is 0 Å². The fraction of sp³-hybridized carbons (Fsp3) is 0. The lowest BCUT2D eigenvalue weighted by Gasteiger charge is -2.28. The number of anilines is 3. The smallest absolute Gasteiger partial charge is 0.0540 e. The van der Waals surface area contributed by atoms with E-state index in [9.17, 15) is 0 Å². The first-order chi connectivity index (χ1) is 27.3. The quantitative estimate of drug-likeness (QED) is 0.145. The summed E-state index contributed by atoms with van der Waals surface area (Å²) in [4.78, 5) is 2.38. The molecule has 260 valence electrons. The van der Waals surface area contributed by atoms with E-state index in [4.69, 9.17) is 0 Å². The van der Waals surface area contributed by atoms with Gasteiger partial charge in [-0.3, -0.25) is 0 Å². The zero-order chi connectivity index (χ0) is 36.8. The molecule has 0 saturated heterocycles. The summed E-state index contributed by atoms with van der Waals surface area (Å²) in [6, 6.07) is 85.0. The fourth-order valence-electron chi connectivity index (χ4n) is 7.63. The molecule has 9 rings (SSSR count). The van der Waals surface area contributed by atoms with Gasteiger partial charge in [-0.1, -0.05) is 188 Å². The molecule has 1 heteroatoms. The lowest BCUT2D eigenvalue weighted by molar-refractivity contribution is 1.28. The highest BCUT2D eigenvalue weighted by atomic mass is 15.1. The molecule has 0 radical (unpaired) electrons. The Hall–Kier alpha value is -7.22. The van der Waals surface area contributed by atoms with Gasteiger partial charge in [-0.05, 0) is 110 Å². The first-order valence-corrected chi connectivity index (χ1v) is 18.8. The first kappa shape index (κ1) is 33.6. The average Bonchev–Trinajstić information content (AvgIpc) is 3.28. The van der Waals surface area contributed by atoms with Gasteiger partial charge in [-0.2, -0.15) is 0 Å². The fourth-order valence-corrected chi connectivity index (χ4v) is 7.63. The van der Waals surface area contributed by atoms with Crippen LogP contribution in [0.2, 0.25) is 0 Å². The zero-order valence-electron chi connectivity index (χ0n) is 30.5. The molecule has 0 bridgehead atoms. The highest BCUT2D eigenvalue weighted by molar-refractivity contribution is 5.97. The molecular formula is C54H39N. The molecule has 0 aliphatic carbocycles. The lowest BCUT2D eigenvalue weighted by Crippen LogP contribution is -2.11. The van der Waals surface area contributed by atoms with Crippen molar-refractivity contribution in [1.82, 2.24) is 0 Å². The Bertz CT molecular complexity index is 2610. The molecule has 0 aromatic heterocycles. The third kappa shape index (κ3) is 7.00. The van der Waals surface area contributed by atoms with E-state index in [0.29, 0.717) is 0 Å². The van der Waals surface area contributed by atoms with E-state index in [-0.39, 0.29) is 0 Å². The van der Waals surface area contributed by atoms with E-state index in [1.807, 2.05) is 0 Å². The van der Waals surface area contributed by atoms with E-state index in [0.717, 1.165) is 22.6 Å². The molecule has 0 atom stereocenters. The van der Waals surface area contributed by atoms with Crippen molar-refractivity contribution < 1.29 is 0 Å². The SMILES string of the molecule is c1ccc(-c2cc(-c3ccccc3)cc(-c3ccc(N(c4ccccc4)c4ccccc4-c4ccccc4-c4ccccc4-c4ccccc4)cc3)c2)cc1. The van der Waals surface area contributed by atoms with Crippen molar-refractivity contribution >= 4 is 17.1 Å². The van der Waals surface area contributed by atoms with Gasteiger partial charge in [-0.25, -0.2) is 0 Å². The Morgan fingerprint density at radius 3 is 1.04 bits per heavy atom. The van der Waals surface area contributed by atoms with Crippen LogP contribution in [-0.2, 0) is 0 Å². The minimum atomic E-state index is 1.09. The van der Waals surface area contributed by atoms with Gasteiger partial charge in [0.25, 0.3) is 0 Å². The number of hydrogen-bond acceptors (Lipinski definition) is 1. The second-order valence-corrected chi connectivity index (χ2v) is 13.7. The van der Waals surface area contributed by atoms with E-state index in [2.05, 4.69) is 241 Å². The molecule has 1 nitrogen and oxygen atoms in total. The number of hydrogen-bond donors (Lipinski definition) is 0. The van der Waals surface area contributed by atoms with Crippen LogP contribution in [0.25, 0.3) is 66.8 Å². The van der Waals surface area contributed by atoms with E-state index in [1.165, 1.54) is 61.2 Å². The maximum Gasteiger partial charge on any atom is 0.0540 e. The molecule has 0 aliphatic heterocycles. The molecular weight excluding hydrogens is 663 g/mol. The van der Waals surface area contributed by atoms with Crippen LogP contribution >= 0.6 is 0 Å². The van der Waals surface area contributed by atoms with Gasteiger partial charge < -0.3 is 4.90 Å². The monoisotopic (exact) mass is 701 g/mol. The van der Waals surface area contributed by atoms with Crippen LogP contribution in [0.5, 0.6) is 0 Å². The highest BCUT2D eigenvalue weighted by Crippen LogP contribution is 2.45. The lowest BCUT2D eigenvalue weighted by atomic mass is 9.88. The van der Waals surface area contributed by atoms with Crippen LogP contribution in [0, 0.1) is 0 Å². The second-order valence-electron chi connectivity index (χ2n) is 13.7. The predicted octanol–water partition coefficient (Wildman–Crippen LogP) is 15.2. The maximum absolute atomic E-state index is 2.38. The molecule has 55 heavy (non-hydrogen) atoms. The summed E-state index contributed by atoms with van der Waals surface area (Å²) in [5.41, 5.74) is 17.7. The molecule has 0 saturated carbocycles. The Balaban J connectivity index is 1.16. The molecule has 0 amide bonds. The Labute approximate surface area is 324 Å². The van der Waals surface area contributed by atoms with Gasteiger partial charge >= 0.3 is 0 Å². The zero-order valence-corrected chi connectivity index (χ0v) is 30.5. The molecule has 0 N–H and O–H groups in total. The summed E-state index contributed by atoms with van der Waals surface area (Å²) in [6.07, 6.45) is 0. The van der Waals surface area contributed by atoms with Crippen LogP contribution in [-0.4, -0.2) is 0 Å². The van der Waals surface area contributed by atoms with E-state index in [1.54, 1.807) is 0 Å². The second kappa shape index (κ2) is 15.4. The molecule has 9 aromatic carbocycles. The van der Waals surface area contributed by atoms with Crippen LogP contribution in [0.1, 0.15) is 0 Å². The van der Waals surface area contributed by atoms with Crippen LogP contribution in [0.3, 0.4) is 0 Å². The van der Waals surface area contributed by atoms with Crippen molar-refractivity contribution in [3.05, 3.63) is 237 Å². The molecule has 0 unspecified atom stereocenters. The molecule has 9 aromatic rings. The standard InChI is InChI=1S/C54H39N/c1-5-19-40(20-6-1)44-37-45(41-21-7-2-8-22-41)39-46(38-44)42-33-35-48(36-34-42)55(47-25-11-4-12-26-47)54-32-18-17-31-53(54)52-30-16-15-29-51(52)50-28-14-13-27-49(50)43-23-9-3-10-24-43/h1-39H. The van der Waals surface area contributed by atoms with Crippen molar-refractivity contribution in [2.45, 2.75) is 0 Å².